The smallest absolute Gasteiger partial charge is 0.130 e. The van der Waals surface area contributed by atoms with Crippen LogP contribution in [0.15, 0.2) is 30.3 Å². The van der Waals surface area contributed by atoms with Crippen LogP contribution in [0.5, 0.6) is 5.75 Å². The number of rotatable bonds is 1. The van der Waals surface area contributed by atoms with Gasteiger partial charge < -0.3 is 4.74 Å². The molecule has 0 amide bonds. The molecule has 0 unspecified atom stereocenters. The van der Waals surface area contributed by atoms with E-state index < -0.39 is 0 Å². The molecule has 0 bridgehead atoms. The zero-order chi connectivity index (χ0) is 12.7. The van der Waals surface area contributed by atoms with Gasteiger partial charge in [-0.15, -0.1) is 0 Å². The molecule has 0 radical (unpaired) electrons. The predicted octanol–water partition coefficient (Wildman–Crippen LogP) is 4.73. The molecule has 4 heteroatoms. The minimum atomic E-state index is -0.287. The van der Waals surface area contributed by atoms with Gasteiger partial charge in [0.05, 0.1) is 16.7 Å². The molecule has 0 aliphatic carbocycles. The molecular weight excluding hydrogens is 274 g/mol. The lowest BCUT2D eigenvalue weighted by molar-refractivity contribution is 0.358. The second kappa shape index (κ2) is 4.45. The van der Waals surface area contributed by atoms with Gasteiger partial charge in [-0.3, -0.25) is 0 Å². The van der Waals surface area contributed by atoms with Crippen molar-refractivity contribution in [1.82, 2.24) is 0 Å². The van der Waals surface area contributed by atoms with Crippen LogP contribution in [-0.4, -0.2) is 6.61 Å². The molecule has 18 heavy (non-hydrogen) atoms. The third kappa shape index (κ3) is 1.86. The lowest BCUT2D eigenvalue weighted by Gasteiger charge is -2.11. The summed E-state index contributed by atoms with van der Waals surface area (Å²) < 4.78 is 19.2. The summed E-state index contributed by atoms with van der Waals surface area (Å²) in [6.07, 6.45) is 0.721. The van der Waals surface area contributed by atoms with Crippen LogP contribution in [0.3, 0.4) is 0 Å². The fraction of sp³-hybridized carbons (Fsp3) is 0.143. The highest BCUT2D eigenvalue weighted by Gasteiger charge is 2.21. The highest BCUT2D eigenvalue weighted by Crippen LogP contribution is 2.42. The molecule has 1 aliphatic rings. The maximum absolute atomic E-state index is 13.6. The summed E-state index contributed by atoms with van der Waals surface area (Å²) in [5, 5.41) is 0.868. The predicted molar refractivity (Wildman–Crippen MR) is 71.1 cm³/mol. The van der Waals surface area contributed by atoms with Gasteiger partial charge in [0.2, 0.25) is 0 Å². The van der Waals surface area contributed by atoms with Crippen LogP contribution in [0, 0.1) is 5.82 Å². The third-order valence-corrected chi connectivity index (χ3v) is 3.81. The lowest BCUT2D eigenvalue weighted by atomic mass is 10.0. The van der Waals surface area contributed by atoms with Crippen molar-refractivity contribution in [3.8, 4) is 16.9 Å². The maximum atomic E-state index is 13.6. The zero-order valence-electron chi connectivity index (χ0n) is 9.34. The van der Waals surface area contributed by atoms with Crippen molar-refractivity contribution in [3.05, 3.63) is 51.8 Å². The van der Waals surface area contributed by atoms with Crippen LogP contribution in [0.1, 0.15) is 5.56 Å². The summed E-state index contributed by atoms with van der Waals surface area (Å²) in [4.78, 5) is 0. The Kier molecular flexibility index (Phi) is 2.92. The Balaban J connectivity index is 2.26. The van der Waals surface area contributed by atoms with Gasteiger partial charge >= 0.3 is 0 Å². The van der Waals surface area contributed by atoms with Crippen LogP contribution in [0.4, 0.5) is 4.39 Å². The molecule has 0 saturated heterocycles. The Bertz CT molecular complexity index is 625. The molecule has 0 N–H and O–H groups in total. The first-order valence-electron chi connectivity index (χ1n) is 5.56. The standard InChI is InChI=1S/C14H9Cl2FO/c15-12-3-1-2-10(13(12)16)11-7-9(17)6-8-4-5-18-14(8)11/h1-3,6-7H,4-5H2. The van der Waals surface area contributed by atoms with E-state index in [0.29, 0.717) is 33.5 Å². The normalized spacial score (nSPS) is 13.3. The van der Waals surface area contributed by atoms with E-state index in [1.807, 2.05) is 6.07 Å². The molecule has 0 saturated carbocycles. The topological polar surface area (TPSA) is 9.23 Å². The Morgan fingerprint density at radius 1 is 1.11 bits per heavy atom. The molecule has 0 spiro atoms. The quantitative estimate of drug-likeness (QED) is 0.734. The van der Waals surface area contributed by atoms with E-state index in [-0.39, 0.29) is 5.82 Å². The first-order valence-corrected chi connectivity index (χ1v) is 6.32. The van der Waals surface area contributed by atoms with Crippen LogP contribution in [-0.2, 0) is 6.42 Å². The van der Waals surface area contributed by atoms with E-state index in [9.17, 15) is 4.39 Å². The Hall–Kier alpha value is -1.25. The van der Waals surface area contributed by atoms with Gasteiger partial charge in [0, 0.05) is 23.1 Å². The number of halogens is 3. The minimum absolute atomic E-state index is 0.287. The van der Waals surface area contributed by atoms with Crippen LogP contribution < -0.4 is 4.74 Å². The van der Waals surface area contributed by atoms with E-state index >= 15 is 0 Å². The van der Waals surface area contributed by atoms with Crippen molar-refractivity contribution in [3.63, 3.8) is 0 Å². The summed E-state index contributed by atoms with van der Waals surface area (Å²) in [5.41, 5.74) is 2.23. The molecular formula is C14H9Cl2FO. The van der Waals surface area contributed by atoms with E-state index in [1.54, 1.807) is 12.1 Å². The zero-order valence-corrected chi connectivity index (χ0v) is 10.9. The molecule has 1 aliphatic heterocycles. The highest BCUT2D eigenvalue weighted by molar-refractivity contribution is 6.43. The van der Waals surface area contributed by atoms with E-state index in [4.69, 9.17) is 27.9 Å². The van der Waals surface area contributed by atoms with Gasteiger partial charge in [-0.2, -0.15) is 0 Å². The van der Waals surface area contributed by atoms with Crippen LogP contribution >= 0.6 is 23.2 Å². The van der Waals surface area contributed by atoms with Crippen molar-refractivity contribution in [2.45, 2.75) is 6.42 Å². The number of ether oxygens (including phenoxy) is 1. The fourth-order valence-corrected chi connectivity index (χ4v) is 2.58. The first-order chi connectivity index (χ1) is 8.66. The average Bonchev–Trinajstić information content (AvgIpc) is 2.79. The Labute approximate surface area is 114 Å². The number of hydrogen-bond donors (Lipinski definition) is 0. The van der Waals surface area contributed by atoms with Crippen molar-refractivity contribution < 1.29 is 9.13 Å². The second-order valence-corrected chi connectivity index (χ2v) is 4.93. The third-order valence-electron chi connectivity index (χ3n) is 2.99. The molecule has 1 nitrogen and oxygen atoms in total. The van der Waals surface area contributed by atoms with E-state index in [0.717, 1.165) is 12.0 Å². The highest BCUT2D eigenvalue weighted by atomic mass is 35.5. The van der Waals surface area contributed by atoms with Crippen molar-refractivity contribution >= 4 is 23.2 Å². The molecule has 2 aromatic rings. The van der Waals surface area contributed by atoms with Gasteiger partial charge in [-0.1, -0.05) is 35.3 Å². The maximum Gasteiger partial charge on any atom is 0.130 e. The molecule has 0 fully saturated rings. The van der Waals surface area contributed by atoms with Gasteiger partial charge in [-0.05, 0) is 18.2 Å². The van der Waals surface area contributed by atoms with E-state index in [2.05, 4.69) is 0 Å². The fourth-order valence-electron chi connectivity index (χ4n) is 2.18. The molecule has 92 valence electrons. The van der Waals surface area contributed by atoms with Crippen LogP contribution in [0.2, 0.25) is 10.0 Å². The SMILES string of the molecule is Fc1cc2c(c(-c3cccc(Cl)c3Cl)c1)OCC2. The summed E-state index contributed by atoms with van der Waals surface area (Å²) in [6, 6.07) is 8.24. The van der Waals surface area contributed by atoms with Gasteiger partial charge in [0.1, 0.15) is 11.6 Å². The lowest BCUT2D eigenvalue weighted by Crippen LogP contribution is -1.90. The summed E-state index contributed by atoms with van der Waals surface area (Å²) in [5.74, 6) is 0.422. The molecule has 3 rings (SSSR count). The monoisotopic (exact) mass is 282 g/mol. The largest absolute Gasteiger partial charge is 0.492 e. The number of hydrogen-bond acceptors (Lipinski definition) is 1. The first kappa shape index (κ1) is 11.8. The summed E-state index contributed by atoms with van der Waals surface area (Å²) in [7, 11) is 0. The Morgan fingerprint density at radius 2 is 1.94 bits per heavy atom. The van der Waals surface area contributed by atoms with Crippen molar-refractivity contribution in [1.29, 1.82) is 0 Å². The van der Waals surface area contributed by atoms with Crippen molar-refractivity contribution in [2.75, 3.05) is 6.61 Å². The van der Waals surface area contributed by atoms with Crippen LogP contribution in [0.25, 0.3) is 11.1 Å². The second-order valence-electron chi connectivity index (χ2n) is 4.14. The van der Waals surface area contributed by atoms with Gasteiger partial charge in [-0.25, -0.2) is 4.39 Å². The minimum Gasteiger partial charge on any atom is -0.492 e. The summed E-state index contributed by atoms with van der Waals surface area (Å²) >= 11 is 12.2. The number of benzene rings is 2. The van der Waals surface area contributed by atoms with Crippen molar-refractivity contribution in [2.24, 2.45) is 0 Å². The molecule has 1 heterocycles. The number of fused-ring (bicyclic) bond motifs is 1. The average molecular weight is 283 g/mol. The summed E-state index contributed by atoms with van der Waals surface area (Å²) in [6.45, 7) is 0.573. The molecule has 2 aromatic carbocycles. The van der Waals surface area contributed by atoms with E-state index in [1.165, 1.54) is 12.1 Å². The molecule has 0 atom stereocenters. The molecule has 0 aromatic heterocycles. The Morgan fingerprint density at radius 3 is 2.78 bits per heavy atom. The van der Waals surface area contributed by atoms with Gasteiger partial charge in [0.25, 0.3) is 0 Å². The van der Waals surface area contributed by atoms with Gasteiger partial charge in [0.15, 0.2) is 0 Å².